The average molecular weight is 479 g/mol. The number of rotatable bonds is 5. The number of amides is 1. The van der Waals surface area contributed by atoms with Crippen molar-refractivity contribution in [3.8, 4) is 0 Å². The van der Waals surface area contributed by atoms with Crippen molar-refractivity contribution in [2.24, 2.45) is 15.7 Å². The zero-order chi connectivity index (χ0) is 23.2. The monoisotopic (exact) mass is 478 g/mol. The fourth-order valence-corrected chi connectivity index (χ4v) is 5.95. The summed E-state index contributed by atoms with van der Waals surface area (Å²) in [5.41, 5.74) is 1.31. The highest BCUT2D eigenvalue weighted by atomic mass is 32.2. The molecule has 3 N–H and O–H groups in total. The first-order chi connectivity index (χ1) is 15.0. The molecule has 2 heterocycles. The standard InChI is InChI=1S/C22H30N4O4S2/c1-22(2,3)10-11-26-16-7-5-6-14(16)19(27)18(21(26)28)20-23-15-9-8-13(24-31(4)29)12-17(15)32(30)25-20/h8-9,12,14,16,24,27H,5-7,10-11H2,1-4H3,(H,23,25). The Balaban J connectivity index is 1.67. The van der Waals surface area contributed by atoms with Gasteiger partial charge in [0.1, 0.15) is 22.3 Å². The molecule has 2 aliphatic heterocycles. The maximum absolute atomic E-state index is 13.5. The molecule has 4 atom stereocenters. The molecule has 0 aromatic heterocycles. The van der Waals surface area contributed by atoms with E-state index in [1.54, 1.807) is 18.2 Å². The van der Waals surface area contributed by atoms with Crippen LogP contribution < -0.4 is 10.0 Å². The Hall–Kier alpha value is -2.20. The molecule has 1 aromatic carbocycles. The predicted molar refractivity (Wildman–Crippen MR) is 128 cm³/mol. The average Bonchev–Trinajstić information content (AvgIpc) is 3.17. The van der Waals surface area contributed by atoms with Crippen molar-refractivity contribution in [2.45, 2.75) is 57.4 Å². The molecule has 1 aliphatic carbocycles. The van der Waals surface area contributed by atoms with Crippen LogP contribution in [-0.4, -0.2) is 49.0 Å². The van der Waals surface area contributed by atoms with Gasteiger partial charge in [0.15, 0.2) is 16.8 Å². The van der Waals surface area contributed by atoms with E-state index in [9.17, 15) is 18.3 Å². The second kappa shape index (κ2) is 8.62. The van der Waals surface area contributed by atoms with Gasteiger partial charge < -0.3 is 20.0 Å². The number of amidine groups is 1. The predicted octanol–water partition coefficient (Wildman–Crippen LogP) is 3.50. The fourth-order valence-electron chi connectivity index (χ4n) is 4.56. The molecule has 0 saturated heterocycles. The van der Waals surface area contributed by atoms with Gasteiger partial charge >= 0.3 is 0 Å². The highest BCUT2D eigenvalue weighted by Crippen LogP contribution is 2.41. The van der Waals surface area contributed by atoms with Crippen molar-refractivity contribution < 1.29 is 18.3 Å². The number of fused-ring (bicyclic) bond motifs is 2. The van der Waals surface area contributed by atoms with E-state index in [2.05, 4.69) is 35.2 Å². The topological polar surface area (TPSA) is 111 Å². The molecular weight excluding hydrogens is 448 g/mol. The summed E-state index contributed by atoms with van der Waals surface area (Å²) in [5, 5.41) is 14.2. The Morgan fingerprint density at radius 3 is 2.78 bits per heavy atom. The van der Waals surface area contributed by atoms with E-state index in [1.165, 1.54) is 6.26 Å². The largest absolute Gasteiger partial charge is 0.511 e. The van der Waals surface area contributed by atoms with Crippen molar-refractivity contribution in [3.63, 3.8) is 0 Å². The Kier molecular flexibility index (Phi) is 6.19. The van der Waals surface area contributed by atoms with Gasteiger partial charge in [-0.25, -0.2) is 8.42 Å². The molecule has 1 saturated carbocycles. The number of benzene rings is 1. The van der Waals surface area contributed by atoms with Gasteiger partial charge in [0, 0.05) is 30.4 Å². The number of carbonyl (C=O) groups is 1. The Morgan fingerprint density at radius 1 is 1.34 bits per heavy atom. The summed E-state index contributed by atoms with van der Waals surface area (Å²) in [5.74, 6) is -0.186. The molecule has 4 rings (SSSR count). The third-order valence-corrected chi connectivity index (χ3v) is 7.75. The Bertz CT molecular complexity index is 1060. The molecule has 32 heavy (non-hydrogen) atoms. The molecule has 0 radical (unpaired) electrons. The number of carbonyl (C=O) groups excluding carboxylic acids is 1. The minimum Gasteiger partial charge on any atom is -0.511 e. The lowest BCUT2D eigenvalue weighted by Gasteiger charge is -2.40. The number of aliphatic hydroxyl groups excluding tert-OH is 1. The number of nitrogens with one attached hydrogen (secondary N) is 2. The first-order valence-electron chi connectivity index (χ1n) is 10.8. The second-order valence-corrected chi connectivity index (χ2v) is 12.0. The fraction of sp³-hybridized carbons (Fsp3) is 0.545. The molecular formula is C22H30N4O4S2. The SMILES string of the molecule is CS(=O)Nc1ccc2c(c1)S(=O)N=C(C1=C(O)C3CCCC3N(CCC(C)(C)C)C1=O)N2. The maximum atomic E-state index is 13.5. The minimum atomic E-state index is -1.77. The summed E-state index contributed by atoms with van der Waals surface area (Å²) in [6.07, 6.45) is 5.00. The van der Waals surface area contributed by atoms with Crippen LogP contribution in [0.5, 0.6) is 0 Å². The quantitative estimate of drug-likeness (QED) is 0.600. The molecule has 4 unspecified atom stereocenters. The van der Waals surface area contributed by atoms with Crippen LogP contribution in [-0.2, 0) is 26.8 Å². The van der Waals surface area contributed by atoms with Crippen molar-refractivity contribution in [3.05, 3.63) is 29.5 Å². The smallest absolute Gasteiger partial charge is 0.261 e. The first-order valence-corrected chi connectivity index (χ1v) is 13.5. The summed E-state index contributed by atoms with van der Waals surface area (Å²) in [4.78, 5) is 15.8. The number of aliphatic hydroxyl groups is 1. The van der Waals surface area contributed by atoms with Crippen LogP contribution in [0.2, 0.25) is 0 Å². The third-order valence-electron chi connectivity index (χ3n) is 6.16. The lowest BCUT2D eigenvalue weighted by Crippen LogP contribution is -2.51. The van der Waals surface area contributed by atoms with E-state index in [0.29, 0.717) is 22.8 Å². The van der Waals surface area contributed by atoms with E-state index in [1.807, 2.05) is 4.90 Å². The molecule has 0 spiro atoms. The molecule has 8 nitrogen and oxygen atoms in total. The van der Waals surface area contributed by atoms with Crippen molar-refractivity contribution in [2.75, 3.05) is 22.8 Å². The van der Waals surface area contributed by atoms with E-state index >= 15 is 0 Å². The number of anilines is 2. The van der Waals surface area contributed by atoms with Gasteiger partial charge in [-0.3, -0.25) is 4.79 Å². The second-order valence-electron chi connectivity index (χ2n) is 9.76. The first kappa shape index (κ1) is 23.0. The van der Waals surface area contributed by atoms with Gasteiger partial charge in [-0.05, 0) is 42.9 Å². The van der Waals surface area contributed by atoms with Crippen LogP contribution in [0.1, 0.15) is 46.5 Å². The van der Waals surface area contributed by atoms with Gasteiger partial charge in [0.05, 0.1) is 10.6 Å². The summed E-state index contributed by atoms with van der Waals surface area (Å²) in [6, 6.07) is 5.05. The molecule has 1 aromatic rings. The van der Waals surface area contributed by atoms with Gasteiger partial charge in [0.2, 0.25) is 0 Å². The zero-order valence-corrected chi connectivity index (χ0v) is 20.4. The summed E-state index contributed by atoms with van der Waals surface area (Å²) < 4.78 is 31.3. The van der Waals surface area contributed by atoms with Gasteiger partial charge in [-0.2, -0.15) is 4.40 Å². The summed E-state index contributed by atoms with van der Waals surface area (Å²) >= 11 is 0. The van der Waals surface area contributed by atoms with Gasteiger partial charge in [-0.1, -0.05) is 27.2 Å². The highest BCUT2D eigenvalue weighted by molar-refractivity contribution is 7.85. The highest BCUT2D eigenvalue weighted by Gasteiger charge is 2.46. The van der Waals surface area contributed by atoms with Gasteiger partial charge in [-0.15, -0.1) is 0 Å². The Labute approximate surface area is 193 Å². The van der Waals surface area contributed by atoms with E-state index in [4.69, 9.17) is 0 Å². The van der Waals surface area contributed by atoms with Gasteiger partial charge in [0.25, 0.3) is 5.91 Å². The molecule has 3 aliphatic rings. The van der Waals surface area contributed by atoms with E-state index in [0.717, 1.165) is 25.7 Å². The number of hydrogen-bond donors (Lipinski definition) is 3. The van der Waals surface area contributed by atoms with Crippen LogP contribution >= 0.6 is 0 Å². The van der Waals surface area contributed by atoms with Crippen LogP contribution in [0.15, 0.2) is 38.8 Å². The zero-order valence-electron chi connectivity index (χ0n) is 18.8. The third kappa shape index (κ3) is 4.47. The summed E-state index contributed by atoms with van der Waals surface area (Å²) in [7, 11) is -3.03. The minimum absolute atomic E-state index is 0.000814. The molecule has 1 fully saturated rings. The van der Waals surface area contributed by atoms with E-state index < -0.39 is 22.0 Å². The molecule has 1 amide bonds. The molecule has 174 valence electrons. The van der Waals surface area contributed by atoms with Crippen molar-refractivity contribution >= 4 is 45.1 Å². The number of nitrogens with zero attached hydrogens (tertiary/aromatic N) is 2. The van der Waals surface area contributed by atoms with Crippen molar-refractivity contribution in [1.82, 2.24) is 4.90 Å². The number of hydrogen-bond acceptors (Lipinski definition) is 5. The lowest BCUT2D eigenvalue weighted by molar-refractivity contribution is -0.131. The molecule has 10 heteroatoms. The maximum Gasteiger partial charge on any atom is 0.261 e. The van der Waals surface area contributed by atoms with Crippen molar-refractivity contribution in [1.29, 1.82) is 0 Å². The van der Waals surface area contributed by atoms with Crippen LogP contribution in [0.4, 0.5) is 11.4 Å². The van der Waals surface area contributed by atoms with Crippen LogP contribution in [0.3, 0.4) is 0 Å². The molecule has 0 bridgehead atoms. The Morgan fingerprint density at radius 2 is 2.09 bits per heavy atom. The van der Waals surface area contributed by atoms with E-state index in [-0.39, 0.29) is 40.4 Å². The lowest BCUT2D eigenvalue weighted by atomic mass is 9.87. The van der Waals surface area contributed by atoms with Crippen LogP contribution in [0.25, 0.3) is 0 Å². The summed E-state index contributed by atoms with van der Waals surface area (Å²) in [6.45, 7) is 7.04. The van der Waals surface area contributed by atoms with Crippen LogP contribution in [0, 0.1) is 11.3 Å². The normalized spacial score (nSPS) is 26.2.